The van der Waals surface area contributed by atoms with E-state index in [1.165, 1.54) is 30.6 Å². The third kappa shape index (κ3) is 3.94. The van der Waals surface area contributed by atoms with Gasteiger partial charge in [-0.25, -0.2) is 22.7 Å². The second-order valence-corrected chi connectivity index (χ2v) is 8.39. The van der Waals surface area contributed by atoms with Crippen LogP contribution in [0, 0.1) is 0 Å². The van der Waals surface area contributed by atoms with Crippen LogP contribution < -0.4 is 9.04 Å². The lowest BCUT2D eigenvalue weighted by atomic mass is 10.2. The lowest BCUT2D eigenvalue weighted by Crippen LogP contribution is -2.27. The number of rotatable bonds is 5. The van der Waals surface area contributed by atoms with Crippen LogP contribution in [0.15, 0.2) is 78.3 Å². The highest BCUT2D eigenvalue weighted by molar-refractivity contribution is 7.93. The number of aromatic nitrogens is 3. The number of alkyl halides is 3. The van der Waals surface area contributed by atoms with Crippen LogP contribution in [0.3, 0.4) is 0 Å². The molecule has 2 aromatic carbocycles. The lowest BCUT2D eigenvalue weighted by Gasteiger charge is -2.25. The minimum atomic E-state index is -4.63. The van der Waals surface area contributed by atoms with Crippen molar-refractivity contribution in [3.05, 3.63) is 79.0 Å². The monoisotopic (exact) mass is 460 g/mol. The van der Waals surface area contributed by atoms with Gasteiger partial charge >= 0.3 is 6.18 Å². The van der Waals surface area contributed by atoms with Gasteiger partial charge in [-0.3, -0.25) is 4.98 Å². The van der Waals surface area contributed by atoms with E-state index < -0.39 is 21.8 Å². The normalized spacial score (nSPS) is 12.0. The van der Waals surface area contributed by atoms with Gasteiger partial charge in [0.15, 0.2) is 5.82 Å². The first-order valence-electron chi connectivity index (χ1n) is 9.12. The summed E-state index contributed by atoms with van der Waals surface area (Å²) in [7, 11) is -3.16. The molecule has 0 aliphatic carbocycles. The predicted molar refractivity (Wildman–Crippen MR) is 111 cm³/mol. The van der Waals surface area contributed by atoms with Crippen molar-refractivity contribution >= 4 is 32.3 Å². The number of pyridine rings is 1. The second kappa shape index (κ2) is 8.08. The average Bonchev–Trinajstić information content (AvgIpc) is 2.79. The average molecular weight is 460 g/mol. The molecule has 0 unspecified atom stereocenters. The van der Waals surface area contributed by atoms with Gasteiger partial charge in [0.2, 0.25) is 0 Å². The van der Waals surface area contributed by atoms with E-state index in [2.05, 4.69) is 15.0 Å². The molecule has 0 N–H and O–H groups in total. The Morgan fingerprint density at radius 1 is 0.938 bits per heavy atom. The number of anilines is 2. The Balaban J connectivity index is 1.94. The topological polar surface area (TPSA) is 85.3 Å². The van der Waals surface area contributed by atoms with Gasteiger partial charge in [-0.15, -0.1) is 0 Å². The molecule has 4 rings (SSSR count). The zero-order valence-corrected chi connectivity index (χ0v) is 17.3. The van der Waals surface area contributed by atoms with Gasteiger partial charge in [-0.1, -0.05) is 6.07 Å². The summed E-state index contributed by atoms with van der Waals surface area (Å²) in [6.45, 7) is 0. The lowest BCUT2D eigenvalue weighted by molar-refractivity contribution is -0.137. The third-order valence-electron chi connectivity index (χ3n) is 4.65. The van der Waals surface area contributed by atoms with Crippen molar-refractivity contribution in [2.24, 2.45) is 0 Å². The van der Waals surface area contributed by atoms with Gasteiger partial charge in [0.1, 0.15) is 17.8 Å². The van der Waals surface area contributed by atoms with Gasteiger partial charge in [-0.2, -0.15) is 13.2 Å². The molecule has 0 saturated heterocycles. The summed E-state index contributed by atoms with van der Waals surface area (Å²) in [5.41, 5.74) is -1.11. The van der Waals surface area contributed by atoms with Gasteiger partial charge in [0.25, 0.3) is 10.0 Å². The summed E-state index contributed by atoms with van der Waals surface area (Å²) in [5.74, 6) is -0.347. The molecule has 0 aliphatic rings. The fourth-order valence-corrected chi connectivity index (χ4v) is 4.62. The van der Waals surface area contributed by atoms with E-state index in [0.29, 0.717) is 5.39 Å². The zero-order valence-electron chi connectivity index (χ0n) is 16.5. The van der Waals surface area contributed by atoms with Crippen LogP contribution in [0.4, 0.5) is 24.7 Å². The number of benzene rings is 2. The molecule has 0 amide bonds. The van der Waals surface area contributed by atoms with Crippen LogP contribution in [0.2, 0.25) is 0 Å². The quantitative estimate of drug-likeness (QED) is 0.434. The Morgan fingerprint density at radius 3 is 2.41 bits per heavy atom. The largest absolute Gasteiger partial charge is 0.495 e. The Bertz CT molecular complexity index is 1380. The molecular weight excluding hydrogens is 445 g/mol. The second-order valence-electron chi connectivity index (χ2n) is 6.61. The van der Waals surface area contributed by atoms with Crippen LogP contribution in [-0.4, -0.2) is 30.5 Å². The molecule has 7 nitrogen and oxygen atoms in total. The van der Waals surface area contributed by atoms with Crippen molar-refractivity contribution in [3.63, 3.8) is 0 Å². The van der Waals surface area contributed by atoms with E-state index in [4.69, 9.17) is 4.74 Å². The van der Waals surface area contributed by atoms with Crippen molar-refractivity contribution < 1.29 is 26.3 Å². The van der Waals surface area contributed by atoms with Crippen molar-refractivity contribution in [1.29, 1.82) is 0 Å². The summed E-state index contributed by atoms with van der Waals surface area (Å²) in [6, 6.07) is 9.99. The molecule has 0 spiro atoms. The minimum Gasteiger partial charge on any atom is -0.495 e. The van der Waals surface area contributed by atoms with Crippen LogP contribution in [0.1, 0.15) is 5.56 Å². The van der Waals surface area contributed by atoms with Crippen molar-refractivity contribution in [3.8, 4) is 5.75 Å². The zero-order chi connectivity index (χ0) is 22.9. The molecule has 2 aromatic heterocycles. The number of methoxy groups -OCH3 is 1. The number of ether oxygens (including phenoxy) is 1. The first kappa shape index (κ1) is 21.5. The standard InChI is InChI=1S/C21H15F3N4O3S/c1-31-19-11-16(21(22,23)24)3-5-18(19)28(20-7-9-26-13-27-20)32(29,30)17-4-2-15-12-25-8-6-14(15)10-17/h2-13H,1H3. The molecule has 11 heteroatoms. The summed E-state index contributed by atoms with van der Waals surface area (Å²) in [5, 5.41) is 1.36. The number of fused-ring (bicyclic) bond motifs is 1. The first-order valence-corrected chi connectivity index (χ1v) is 10.6. The molecule has 0 aliphatic heterocycles. The van der Waals surface area contributed by atoms with E-state index in [-0.39, 0.29) is 22.2 Å². The first-order chi connectivity index (χ1) is 15.2. The number of nitrogens with zero attached hydrogens (tertiary/aromatic N) is 4. The van der Waals surface area contributed by atoms with Gasteiger partial charge in [0, 0.05) is 30.0 Å². The van der Waals surface area contributed by atoms with Crippen molar-refractivity contribution in [2.75, 3.05) is 11.4 Å². The SMILES string of the molecule is COc1cc(C(F)(F)F)ccc1N(c1ccncn1)S(=O)(=O)c1ccc2cnccc2c1. The van der Waals surface area contributed by atoms with E-state index in [9.17, 15) is 21.6 Å². The maximum absolute atomic E-state index is 13.7. The van der Waals surface area contributed by atoms with Gasteiger partial charge < -0.3 is 4.74 Å². The van der Waals surface area contributed by atoms with E-state index in [1.54, 1.807) is 18.3 Å². The Kier molecular flexibility index (Phi) is 5.43. The maximum Gasteiger partial charge on any atom is 0.416 e. The fraction of sp³-hybridized carbons (Fsp3) is 0.0952. The molecule has 2 heterocycles. The summed E-state index contributed by atoms with van der Waals surface area (Å²) < 4.78 is 72.9. The molecule has 0 fully saturated rings. The molecule has 164 valence electrons. The predicted octanol–water partition coefficient (Wildman–Crippen LogP) is 4.58. The highest BCUT2D eigenvalue weighted by Gasteiger charge is 2.34. The van der Waals surface area contributed by atoms with Crippen LogP contribution in [0.5, 0.6) is 5.75 Å². The van der Waals surface area contributed by atoms with Crippen molar-refractivity contribution in [2.45, 2.75) is 11.1 Å². The Labute approximate surface area is 181 Å². The molecule has 32 heavy (non-hydrogen) atoms. The Hall–Kier alpha value is -3.73. The number of sulfonamides is 1. The number of hydrogen-bond donors (Lipinski definition) is 0. The minimum absolute atomic E-state index is 0.0621. The Morgan fingerprint density at radius 2 is 1.72 bits per heavy atom. The van der Waals surface area contributed by atoms with Gasteiger partial charge in [-0.05, 0) is 41.8 Å². The van der Waals surface area contributed by atoms with Crippen LogP contribution in [-0.2, 0) is 16.2 Å². The molecule has 0 atom stereocenters. The summed E-state index contributed by atoms with van der Waals surface area (Å²) in [6.07, 6.45) is 0.956. The van der Waals surface area contributed by atoms with E-state index in [1.807, 2.05) is 0 Å². The smallest absolute Gasteiger partial charge is 0.416 e. The molecule has 0 bridgehead atoms. The maximum atomic E-state index is 13.7. The van der Waals surface area contributed by atoms with Gasteiger partial charge in [0.05, 0.1) is 17.6 Å². The molecular formula is C21H15F3N4O3S. The molecule has 0 radical (unpaired) electrons. The van der Waals surface area contributed by atoms with Crippen LogP contribution >= 0.6 is 0 Å². The van der Waals surface area contributed by atoms with Crippen molar-refractivity contribution in [1.82, 2.24) is 15.0 Å². The fourth-order valence-electron chi connectivity index (χ4n) is 3.13. The van der Waals surface area contributed by atoms with E-state index in [0.717, 1.165) is 41.3 Å². The summed E-state index contributed by atoms with van der Waals surface area (Å²) in [4.78, 5) is 11.7. The highest BCUT2D eigenvalue weighted by atomic mass is 32.2. The van der Waals surface area contributed by atoms with Crippen LogP contribution in [0.25, 0.3) is 10.8 Å². The number of halogens is 3. The molecule has 4 aromatic rings. The highest BCUT2D eigenvalue weighted by Crippen LogP contribution is 2.41. The third-order valence-corrected chi connectivity index (χ3v) is 6.36. The molecule has 0 saturated carbocycles. The number of hydrogen-bond acceptors (Lipinski definition) is 6. The summed E-state index contributed by atoms with van der Waals surface area (Å²) >= 11 is 0. The van der Waals surface area contributed by atoms with E-state index >= 15 is 0 Å².